The van der Waals surface area contributed by atoms with E-state index in [-0.39, 0.29) is 5.82 Å². The molecule has 3 heterocycles. The van der Waals surface area contributed by atoms with Crippen LogP contribution in [0.3, 0.4) is 0 Å². The first-order valence-electron chi connectivity index (χ1n) is 10.1. The molecule has 5 rings (SSSR count). The average molecular weight is 458 g/mol. The number of aliphatic hydroxyl groups excluding tert-OH is 2. The molecular formula is C22H21ClFN5O3. The van der Waals surface area contributed by atoms with E-state index in [9.17, 15) is 14.6 Å². The molecule has 4 atom stereocenters. The molecule has 0 amide bonds. The Morgan fingerprint density at radius 2 is 1.81 bits per heavy atom. The highest BCUT2D eigenvalue weighted by Crippen LogP contribution is 2.39. The van der Waals surface area contributed by atoms with E-state index >= 15 is 0 Å². The lowest BCUT2D eigenvalue weighted by molar-refractivity contribution is -0.0384. The normalized spacial score (nSPS) is 24.6. The Bertz CT molecular complexity index is 1150. The molecule has 10 heteroatoms. The molecule has 0 bridgehead atoms. The number of aliphatic imine (C=N–C) groups is 1. The molecule has 3 aromatic rings. The van der Waals surface area contributed by atoms with E-state index in [0.717, 1.165) is 11.1 Å². The number of aliphatic hydroxyl groups is 2. The molecule has 32 heavy (non-hydrogen) atoms. The van der Waals surface area contributed by atoms with Crippen LogP contribution in [0.5, 0.6) is 0 Å². The summed E-state index contributed by atoms with van der Waals surface area (Å²) in [4.78, 5) is 4.55. The summed E-state index contributed by atoms with van der Waals surface area (Å²) in [7, 11) is 0. The van der Waals surface area contributed by atoms with Gasteiger partial charge in [0.25, 0.3) is 0 Å². The van der Waals surface area contributed by atoms with Crippen molar-refractivity contribution in [3.8, 4) is 11.3 Å². The van der Waals surface area contributed by atoms with Crippen LogP contribution in [0.2, 0.25) is 5.02 Å². The third-order valence-electron chi connectivity index (χ3n) is 5.58. The van der Waals surface area contributed by atoms with Crippen molar-refractivity contribution in [1.82, 2.24) is 14.8 Å². The molecule has 2 aliphatic rings. The SMILES string of the molecule is C[C@H]1O[C@@H](n2nc(-c3ccc(Cl)cc3)c3c2N=CN(Nc2ccc(F)cc2)C3)[C@H](O)[C@@H]1O. The lowest BCUT2D eigenvalue weighted by Crippen LogP contribution is -2.32. The number of halogens is 2. The third kappa shape index (κ3) is 3.73. The lowest BCUT2D eigenvalue weighted by atomic mass is 10.1. The van der Waals surface area contributed by atoms with Gasteiger partial charge in [-0.15, -0.1) is 0 Å². The molecule has 0 unspecified atom stereocenters. The fourth-order valence-electron chi connectivity index (χ4n) is 3.88. The maximum absolute atomic E-state index is 13.2. The van der Waals surface area contributed by atoms with Crippen LogP contribution in [0.1, 0.15) is 18.7 Å². The second-order valence-corrected chi connectivity index (χ2v) is 8.24. The lowest BCUT2D eigenvalue weighted by Gasteiger charge is -2.25. The van der Waals surface area contributed by atoms with E-state index < -0.39 is 24.5 Å². The predicted molar refractivity (Wildman–Crippen MR) is 118 cm³/mol. The number of benzene rings is 2. The Balaban J connectivity index is 1.52. The van der Waals surface area contributed by atoms with Crippen molar-refractivity contribution in [2.24, 2.45) is 4.99 Å². The summed E-state index contributed by atoms with van der Waals surface area (Å²) < 4.78 is 20.5. The van der Waals surface area contributed by atoms with Gasteiger partial charge in [0.2, 0.25) is 0 Å². The molecular weight excluding hydrogens is 437 g/mol. The number of hydrazine groups is 1. The van der Waals surface area contributed by atoms with Crippen molar-refractivity contribution in [1.29, 1.82) is 0 Å². The molecule has 1 saturated heterocycles. The fraction of sp³-hybridized carbons (Fsp3) is 0.273. The number of fused-ring (bicyclic) bond motifs is 1. The standard InChI is InChI=1S/C22H21ClFN5O3/c1-12-19(30)20(31)22(32-12)29-21-17(18(27-29)13-2-4-14(23)5-3-13)10-28(11-25-21)26-16-8-6-15(24)7-9-16/h2-9,11-12,19-20,22,26,30-31H,10H2,1H3/t12-,19-,20-,22-/m1/s1. The van der Waals surface area contributed by atoms with E-state index in [1.54, 1.807) is 42.5 Å². The molecule has 2 aliphatic heterocycles. The molecule has 0 aliphatic carbocycles. The second kappa shape index (κ2) is 8.18. The van der Waals surface area contributed by atoms with Crippen LogP contribution in [0.25, 0.3) is 11.3 Å². The summed E-state index contributed by atoms with van der Waals surface area (Å²) in [6.45, 7) is 2.09. The molecule has 3 N–H and O–H groups in total. The summed E-state index contributed by atoms with van der Waals surface area (Å²) in [6.07, 6.45) is -1.99. The molecule has 1 aromatic heterocycles. The Hall–Kier alpha value is -2.98. The number of nitrogens with one attached hydrogen (secondary N) is 1. The van der Waals surface area contributed by atoms with Gasteiger partial charge in [-0.1, -0.05) is 23.7 Å². The summed E-state index contributed by atoms with van der Waals surface area (Å²) in [5, 5.41) is 27.7. The number of aromatic nitrogens is 2. The Labute approximate surface area is 188 Å². The van der Waals surface area contributed by atoms with Gasteiger partial charge < -0.3 is 14.9 Å². The summed E-state index contributed by atoms with van der Waals surface area (Å²) in [5.41, 5.74) is 6.16. The minimum Gasteiger partial charge on any atom is -0.388 e. The highest BCUT2D eigenvalue weighted by molar-refractivity contribution is 6.30. The number of hydrogen-bond acceptors (Lipinski definition) is 7. The molecule has 0 radical (unpaired) electrons. The maximum Gasteiger partial charge on any atom is 0.181 e. The van der Waals surface area contributed by atoms with Crippen LogP contribution >= 0.6 is 11.6 Å². The first-order chi connectivity index (χ1) is 15.4. The van der Waals surface area contributed by atoms with Gasteiger partial charge in [0, 0.05) is 16.1 Å². The number of rotatable bonds is 4. The number of anilines is 1. The van der Waals surface area contributed by atoms with E-state index in [4.69, 9.17) is 21.4 Å². The van der Waals surface area contributed by atoms with Crippen molar-refractivity contribution in [3.63, 3.8) is 0 Å². The van der Waals surface area contributed by atoms with Gasteiger partial charge in [-0.25, -0.2) is 14.1 Å². The van der Waals surface area contributed by atoms with Gasteiger partial charge in [-0.3, -0.25) is 10.4 Å². The van der Waals surface area contributed by atoms with Gasteiger partial charge in [-0.2, -0.15) is 5.10 Å². The van der Waals surface area contributed by atoms with Crippen LogP contribution in [0, 0.1) is 5.82 Å². The fourth-order valence-corrected chi connectivity index (χ4v) is 4.01. The van der Waals surface area contributed by atoms with Crippen LogP contribution in [0.4, 0.5) is 15.9 Å². The molecule has 0 saturated carbocycles. The maximum atomic E-state index is 13.2. The zero-order chi connectivity index (χ0) is 22.4. The largest absolute Gasteiger partial charge is 0.388 e. The summed E-state index contributed by atoms with van der Waals surface area (Å²) in [5.74, 6) is 0.209. The Morgan fingerprint density at radius 1 is 1.09 bits per heavy atom. The van der Waals surface area contributed by atoms with Gasteiger partial charge >= 0.3 is 0 Å². The first-order valence-corrected chi connectivity index (χ1v) is 10.5. The third-order valence-corrected chi connectivity index (χ3v) is 5.83. The van der Waals surface area contributed by atoms with Crippen molar-refractivity contribution in [2.45, 2.75) is 38.0 Å². The number of ether oxygens (including phenoxy) is 1. The molecule has 8 nitrogen and oxygen atoms in total. The summed E-state index contributed by atoms with van der Waals surface area (Å²) in [6, 6.07) is 13.3. The van der Waals surface area contributed by atoms with Crippen LogP contribution in [-0.4, -0.2) is 49.7 Å². The van der Waals surface area contributed by atoms with Crippen LogP contribution < -0.4 is 5.43 Å². The van der Waals surface area contributed by atoms with E-state index in [0.29, 0.717) is 28.8 Å². The van der Waals surface area contributed by atoms with E-state index in [1.165, 1.54) is 16.8 Å². The zero-order valence-corrected chi connectivity index (χ0v) is 17.8. The van der Waals surface area contributed by atoms with Crippen LogP contribution in [0.15, 0.2) is 53.5 Å². The highest BCUT2D eigenvalue weighted by atomic mass is 35.5. The number of nitrogens with zero attached hydrogens (tertiary/aromatic N) is 4. The van der Waals surface area contributed by atoms with Crippen molar-refractivity contribution in [3.05, 3.63) is 64.9 Å². The topological polar surface area (TPSA) is 95.1 Å². The quantitative estimate of drug-likeness (QED) is 0.555. The van der Waals surface area contributed by atoms with Crippen molar-refractivity contribution < 1.29 is 19.3 Å². The Kier molecular flexibility index (Phi) is 5.34. The van der Waals surface area contributed by atoms with Gasteiger partial charge in [0.15, 0.2) is 12.0 Å². The molecule has 2 aromatic carbocycles. The Morgan fingerprint density at radius 3 is 2.47 bits per heavy atom. The molecule has 1 fully saturated rings. The minimum absolute atomic E-state index is 0.317. The van der Waals surface area contributed by atoms with Crippen molar-refractivity contribution >= 4 is 29.4 Å². The van der Waals surface area contributed by atoms with Gasteiger partial charge in [0.1, 0.15) is 24.4 Å². The molecule has 166 valence electrons. The predicted octanol–water partition coefficient (Wildman–Crippen LogP) is 3.48. The molecule has 0 spiro atoms. The van der Waals surface area contributed by atoms with Gasteiger partial charge in [0.05, 0.1) is 24.0 Å². The van der Waals surface area contributed by atoms with Crippen molar-refractivity contribution in [2.75, 3.05) is 5.43 Å². The highest BCUT2D eigenvalue weighted by Gasteiger charge is 2.43. The first kappa shape index (κ1) is 20.9. The monoisotopic (exact) mass is 457 g/mol. The smallest absolute Gasteiger partial charge is 0.181 e. The van der Waals surface area contributed by atoms with Gasteiger partial charge in [-0.05, 0) is 43.3 Å². The van der Waals surface area contributed by atoms with E-state index in [2.05, 4.69) is 10.4 Å². The summed E-state index contributed by atoms with van der Waals surface area (Å²) >= 11 is 6.05. The minimum atomic E-state index is -1.14. The average Bonchev–Trinajstić information content (AvgIpc) is 3.28. The van der Waals surface area contributed by atoms with E-state index in [1.807, 2.05) is 12.1 Å². The second-order valence-electron chi connectivity index (χ2n) is 7.81. The van der Waals surface area contributed by atoms with Crippen LogP contribution in [-0.2, 0) is 11.3 Å². The number of hydrogen-bond donors (Lipinski definition) is 3. The zero-order valence-electron chi connectivity index (χ0n) is 17.1.